The number of nitrogens with zero attached hydrogens (tertiary/aromatic N) is 8. The van der Waals surface area contributed by atoms with Crippen molar-refractivity contribution in [3.63, 3.8) is 0 Å². The van der Waals surface area contributed by atoms with E-state index in [4.69, 9.17) is 0 Å². The Kier molecular flexibility index (Phi) is 5.58. The molecule has 0 radical (unpaired) electrons. The number of piperidine rings is 1. The van der Waals surface area contributed by atoms with Crippen LogP contribution in [0.15, 0.2) is 36.5 Å². The van der Waals surface area contributed by atoms with Gasteiger partial charge in [0.25, 0.3) is 5.82 Å². The minimum Gasteiger partial charge on any atom is -0.355 e. The summed E-state index contributed by atoms with van der Waals surface area (Å²) >= 11 is 0. The zero-order chi connectivity index (χ0) is 22.1. The van der Waals surface area contributed by atoms with Gasteiger partial charge in [0.2, 0.25) is 0 Å². The molecule has 2 fully saturated rings. The summed E-state index contributed by atoms with van der Waals surface area (Å²) in [5.41, 5.74) is 0.0976. The van der Waals surface area contributed by atoms with Crippen molar-refractivity contribution in [2.75, 3.05) is 55.6 Å². The molecular formula is C21H25F3N8. The highest BCUT2D eigenvalue weighted by Crippen LogP contribution is 2.29. The van der Waals surface area contributed by atoms with E-state index in [1.165, 1.54) is 0 Å². The van der Waals surface area contributed by atoms with Crippen molar-refractivity contribution >= 4 is 17.3 Å². The molecule has 0 saturated carbocycles. The van der Waals surface area contributed by atoms with Gasteiger partial charge in [0.05, 0.1) is 0 Å². The molecule has 1 atom stereocenters. The van der Waals surface area contributed by atoms with Gasteiger partial charge in [-0.25, -0.2) is 4.98 Å². The minimum atomic E-state index is -4.59. The highest BCUT2D eigenvalue weighted by Gasteiger charge is 2.38. The summed E-state index contributed by atoms with van der Waals surface area (Å²) < 4.78 is 40.4. The number of fused-ring (bicyclic) bond motifs is 1. The maximum atomic E-state index is 13.2. The van der Waals surface area contributed by atoms with E-state index >= 15 is 0 Å². The number of rotatable bonds is 4. The number of halogens is 3. The van der Waals surface area contributed by atoms with Gasteiger partial charge in [-0.15, -0.1) is 15.3 Å². The molecule has 0 aromatic carbocycles. The first-order chi connectivity index (χ1) is 15.5. The van der Waals surface area contributed by atoms with E-state index in [9.17, 15) is 13.2 Å². The van der Waals surface area contributed by atoms with Crippen LogP contribution in [0.2, 0.25) is 0 Å². The first-order valence-corrected chi connectivity index (χ1v) is 10.9. The number of piperazine rings is 1. The topological polar surface area (TPSA) is 65.7 Å². The van der Waals surface area contributed by atoms with Crippen LogP contribution in [0.5, 0.6) is 0 Å². The van der Waals surface area contributed by atoms with Gasteiger partial charge in [0.15, 0.2) is 5.65 Å². The van der Waals surface area contributed by atoms with Crippen molar-refractivity contribution in [2.45, 2.75) is 19.0 Å². The van der Waals surface area contributed by atoms with Crippen LogP contribution in [0.3, 0.4) is 0 Å². The van der Waals surface area contributed by atoms with Gasteiger partial charge in [-0.2, -0.15) is 17.7 Å². The second kappa shape index (κ2) is 8.53. The zero-order valence-electron chi connectivity index (χ0n) is 17.6. The number of hydrogen-bond acceptors (Lipinski definition) is 7. The smallest absolute Gasteiger partial charge is 0.355 e. The molecule has 0 amide bonds. The molecule has 32 heavy (non-hydrogen) atoms. The van der Waals surface area contributed by atoms with Crippen molar-refractivity contribution in [1.29, 1.82) is 0 Å². The van der Waals surface area contributed by atoms with Crippen LogP contribution in [0, 0.1) is 5.92 Å². The second-order valence-corrected chi connectivity index (χ2v) is 8.41. The standard InChI is InChI=1S/C21H25F3N8/c22-21(23,24)20-27-26-18-6-7-19(28-32(18)20)31-9-3-4-16(15-31)14-29-10-12-30(13-11-29)17-5-1-2-8-25-17/h1-2,5-8,16H,3-4,9-15H2. The molecule has 3 aromatic rings. The maximum Gasteiger partial charge on any atom is 0.453 e. The third-order valence-corrected chi connectivity index (χ3v) is 6.21. The molecule has 2 saturated heterocycles. The Morgan fingerprint density at radius 3 is 2.50 bits per heavy atom. The molecule has 11 heteroatoms. The fraction of sp³-hybridized carbons (Fsp3) is 0.524. The molecule has 8 nitrogen and oxygen atoms in total. The highest BCUT2D eigenvalue weighted by molar-refractivity contribution is 5.46. The van der Waals surface area contributed by atoms with Gasteiger partial charge in [0, 0.05) is 52.0 Å². The molecule has 3 aromatic heterocycles. The lowest BCUT2D eigenvalue weighted by Crippen LogP contribution is -2.50. The van der Waals surface area contributed by atoms with Crippen LogP contribution in [-0.2, 0) is 6.18 Å². The zero-order valence-corrected chi connectivity index (χ0v) is 17.6. The fourth-order valence-electron chi connectivity index (χ4n) is 4.61. The summed E-state index contributed by atoms with van der Waals surface area (Å²) in [6, 6.07) is 9.25. The number of anilines is 2. The maximum absolute atomic E-state index is 13.2. The minimum absolute atomic E-state index is 0.0976. The molecule has 0 N–H and O–H groups in total. The third kappa shape index (κ3) is 4.34. The number of hydrogen-bond donors (Lipinski definition) is 0. The summed E-state index contributed by atoms with van der Waals surface area (Å²) in [7, 11) is 0. The van der Waals surface area contributed by atoms with E-state index in [1.807, 2.05) is 24.4 Å². The van der Waals surface area contributed by atoms with E-state index in [0.29, 0.717) is 11.7 Å². The monoisotopic (exact) mass is 446 g/mol. The fourth-order valence-corrected chi connectivity index (χ4v) is 4.61. The molecule has 0 bridgehead atoms. The average molecular weight is 446 g/mol. The molecule has 0 spiro atoms. The molecule has 2 aliphatic rings. The van der Waals surface area contributed by atoms with Crippen LogP contribution in [0.4, 0.5) is 24.8 Å². The van der Waals surface area contributed by atoms with Gasteiger partial charge in [0.1, 0.15) is 11.6 Å². The SMILES string of the molecule is FC(F)(F)c1nnc2ccc(N3CCCC(CN4CCN(c5ccccn5)CC4)C3)nn12. The van der Waals surface area contributed by atoms with E-state index in [2.05, 4.69) is 35.0 Å². The first kappa shape index (κ1) is 20.9. The summed E-state index contributed by atoms with van der Waals surface area (Å²) in [4.78, 5) is 11.3. The molecule has 5 heterocycles. The number of alkyl halides is 3. The van der Waals surface area contributed by atoms with E-state index in [1.54, 1.807) is 12.1 Å². The van der Waals surface area contributed by atoms with Crippen molar-refractivity contribution in [2.24, 2.45) is 5.92 Å². The predicted molar refractivity (Wildman–Crippen MR) is 114 cm³/mol. The normalized spacial score (nSPS) is 20.8. The van der Waals surface area contributed by atoms with Gasteiger partial charge >= 0.3 is 6.18 Å². The van der Waals surface area contributed by atoms with Crippen molar-refractivity contribution in [3.8, 4) is 0 Å². The first-order valence-electron chi connectivity index (χ1n) is 10.9. The Morgan fingerprint density at radius 2 is 1.75 bits per heavy atom. The summed E-state index contributed by atoms with van der Waals surface area (Å²) in [6.45, 7) is 6.39. The quantitative estimate of drug-likeness (QED) is 0.610. The van der Waals surface area contributed by atoms with Crippen molar-refractivity contribution in [1.82, 2.24) is 29.7 Å². The summed E-state index contributed by atoms with van der Waals surface area (Å²) in [5.74, 6) is 0.913. The predicted octanol–water partition coefficient (Wildman–Crippen LogP) is 2.58. The second-order valence-electron chi connectivity index (χ2n) is 8.41. The largest absolute Gasteiger partial charge is 0.453 e. The molecular weight excluding hydrogens is 421 g/mol. The van der Waals surface area contributed by atoms with E-state index in [-0.39, 0.29) is 5.65 Å². The van der Waals surface area contributed by atoms with Crippen LogP contribution >= 0.6 is 0 Å². The molecule has 0 aliphatic carbocycles. The van der Waals surface area contributed by atoms with Crippen LogP contribution in [0.1, 0.15) is 18.7 Å². The average Bonchev–Trinajstić information content (AvgIpc) is 3.24. The Balaban J connectivity index is 1.22. The van der Waals surface area contributed by atoms with Crippen LogP contribution in [0.25, 0.3) is 5.65 Å². The Labute approximate surface area is 183 Å². The number of pyridine rings is 1. The Bertz CT molecular complexity index is 1050. The lowest BCUT2D eigenvalue weighted by molar-refractivity contribution is -0.146. The van der Waals surface area contributed by atoms with E-state index in [0.717, 1.165) is 69.0 Å². The number of aromatic nitrogens is 5. The lowest BCUT2D eigenvalue weighted by Gasteiger charge is -2.40. The Morgan fingerprint density at radius 1 is 0.906 bits per heavy atom. The van der Waals surface area contributed by atoms with Crippen molar-refractivity contribution in [3.05, 3.63) is 42.4 Å². The molecule has 2 aliphatic heterocycles. The van der Waals surface area contributed by atoms with Gasteiger partial charge in [-0.05, 0) is 43.0 Å². The lowest BCUT2D eigenvalue weighted by atomic mass is 9.97. The van der Waals surface area contributed by atoms with Gasteiger partial charge in [-0.3, -0.25) is 4.90 Å². The molecule has 5 rings (SSSR count). The highest BCUT2D eigenvalue weighted by atomic mass is 19.4. The summed E-state index contributed by atoms with van der Waals surface area (Å²) in [6.07, 6.45) is -0.666. The molecule has 1 unspecified atom stereocenters. The van der Waals surface area contributed by atoms with Crippen LogP contribution in [-0.4, -0.2) is 75.5 Å². The third-order valence-electron chi connectivity index (χ3n) is 6.21. The van der Waals surface area contributed by atoms with E-state index < -0.39 is 12.0 Å². The van der Waals surface area contributed by atoms with Crippen molar-refractivity contribution < 1.29 is 13.2 Å². The van der Waals surface area contributed by atoms with Crippen LogP contribution < -0.4 is 9.80 Å². The summed E-state index contributed by atoms with van der Waals surface area (Å²) in [5, 5.41) is 11.1. The van der Waals surface area contributed by atoms with Gasteiger partial charge in [-0.1, -0.05) is 6.07 Å². The Hall–Kier alpha value is -2.95. The molecule has 170 valence electrons. The van der Waals surface area contributed by atoms with Gasteiger partial charge < -0.3 is 9.80 Å².